The molecule has 1 aliphatic rings. The van der Waals surface area contributed by atoms with Crippen LogP contribution in [0.3, 0.4) is 0 Å². The Labute approximate surface area is 174 Å². The van der Waals surface area contributed by atoms with Gasteiger partial charge >= 0.3 is 0 Å². The van der Waals surface area contributed by atoms with Gasteiger partial charge in [0.15, 0.2) is 4.34 Å². The van der Waals surface area contributed by atoms with Crippen molar-refractivity contribution < 1.29 is 13.2 Å². The molecule has 152 valence electrons. The van der Waals surface area contributed by atoms with Crippen molar-refractivity contribution in [3.63, 3.8) is 0 Å². The molecule has 1 aromatic carbocycles. The van der Waals surface area contributed by atoms with E-state index in [9.17, 15) is 13.2 Å². The molecule has 1 amide bonds. The Morgan fingerprint density at radius 1 is 1.21 bits per heavy atom. The van der Waals surface area contributed by atoms with Gasteiger partial charge in [0.05, 0.1) is 4.90 Å². The maximum Gasteiger partial charge on any atom is 0.257 e. The van der Waals surface area contributed by atoms with Gasteiger partial charge in [0.2, 0.25) is 15.2 Å². The van der Waals surface area contributed by atoms with Crippen LogP contribution in [0.1, 0.15) is 37.6 Å². The minimum atomic E-state index is -3.55. The van der Waals surface area contributed by atoms with Crippen molar-refractivity contribution in [2.75, 3.05) is 24.2 Å². The third-order valence-electron chi connectivity index (χ3n) is 4.48. The lowest BCUT2D eigenvalue weighted by atomic mass is 9.94. The summed E-state index contributed by atoms with van der Waals surface area (Å²) < 4.78 is 28.2. The number of nitrogens with one attached hydrogen (secondary N) is 1. The van der Waals surface area contributed by atoms with Crippen molar-refractivity contribution >= 4 is 44.2 Å². The first-order chi connectivity index (χ1) is 13.3. The number of benzene rings is 1. The molecule has 1 fully saturated rings. The Balaban J connectivity index is 1.70. The zero-order valence-corrected chi connectivity index (χ0v) is 18.5. The maximum atomic E-state index is 12.9. The van der Waals surface area contributed by atoms with E-state index in [2.05, 4.69) is 29.4 Å². The SMILES string of the molecule is CCSc1nnc(NC(=O)c2ccc(S(=O)(=O)N3CC(C)CC(C)C3)cc2)s1. The first-order valence-corrected chi connectivity index (χ1v) is 12.4. The fourth-order valence-electron chi connectivity index (χ4n) is 3.34. The van der Waals surface area contributed by atoms with Crippen LogP contribution in [-0.2, 0) is 10.0 Å². The van der Waals surface area contributed by atoms with Gasteiger partial charge in [-0.05, 0) is 48.3 Å². The molecule has 0 saturated carbocycles. The highest BCUT2D eigenvalue weighted by Crippen LogP contribution is 2.27. The van der Waals surface area contributed by atoms with E-state index < -0.39 is 10.0 Å². The summed E-state index contributed by atoms with van der Waals surface area (Å²) in [6.45, 7) is 7.23. The van der Waals surface area contributed by atoms with Crippen molar-refractivity contribution in [1.82, 2.24) is 14.5 Å². The number of carbonyl (C=O) groups is 1. The van der Waals surface area contributed by atoms with Crippen LogP contribution in [0, 0.1) is 11.8 Å². The summed E-state index contributed by atoms with van der Waals surface area (Å²) in [7, 11) is -3.55. The van der Waals surface area contributed by atoms with E-state index in [1.807, 2.05) is 6.92 Å². The topological polar surface area (TPSA) is 92.3 Å². The molecule has 10 heteroatoms. The molecular formula is C18H24N4O3S3. The first-order valence-electron chi connectivity index (χ1n) is 9.17. The summed E-state index contributed by atoms with van der Waals surface area (Å²) in [5.74, 6) is 1.22. The molecular weight excluding hydrogens is 416 g/mol. The Morgan fingerprint density at radius 2 is 1.86 bits per heavy atom. The molecule has 2 atom stereocenters. The van der Waals surface area contributed by atoms with Gasteiger partial charge in [-0.1, -0.05) is 43.9 Å². The van der Waals surface area contributed by atoms with Gasteiger partial charge in [-0.3, -0.25) is 10.1 Å². The first kappa shape index (κ1) is 21.2. The minimum Gasteiger partial charge on any atom is -0.296 e. The van der Waals surface area contributed by atoms with E-state index in [1.54, 1.807) is 16.1 Å². The van der Waals surface area contributed by atoms with Gasteiger partial charge in [0.25, 0.3) is 5.91 Å². The monoisotopic (exact) mass is 440 g/mol. The van der Waals surface area contributed by atoms with E-state index in [0.717, 1.165) is 16.5 Å². The smallest absolute Gasteiger partial charge is 0.257 e. The molecule has 2 heterocycles. The van der Waals surface area contributed by atoms with E-state index in [4.69, 9.17) is 0 Å². The fraction of sp³-hybridized carbons (Fsp3) is 0.500. The lowest BCUT2D eigenvalue weighted by Crippen LogP contribution is -2.42. The number of piperidine rings is 1. The van der Waals surface area contributed by atoms with Gasteiger partial charge < -0.3 is 0 Å². The number of anilines is 1. The summed E-state index contributed by atoms with van der Waals surface area (Å²) in [5.41, 5.74) is 0.374. The standard InChI is InChI=1S/C18H24N4O3S3/c1-4-26-18-21-20-17(27-18)19-16(23)14-5-7-15(8-6-14)28(24,25)22-10-12(2)9-13(3)11-22/h5-8,12-13H,4,9-11H2,1-3H3,(H,19,20,23). The average molecular weight is 441 g/mol. The molecule has 1 N–H and O–H groups in total. The molecule has 1 aromatic heterocycles. The molecule has 2 unspecified atom stereocenters. The van der Waals surface area contributed by atoms with Gasteiger partial charge in [0.1, 0.15) is 0 Å². The summed E-state index contributed by atoms with van der Waals surface area (Å²) in [4.78, 5) is 12.6. The van der Waals surface area contributed by atoms with Crippen LogP contribution in [0.25, 0.3) is 0 Å². The highest BCUT2D eigenvalue weighted by Gasteiger charge is 2.31. The Kier molecular flexibility index (Phi) is 6.74. The van der Waals surface area contributed by atoms with Crippen molar-refractivity contribution in [2.45, 2.75) is 36.4 Å². The molecule has 1 saturated heterocycles. The second kappa shape index (κ2) is 8.89. The van der Waals surface area contributed by atoms with E-state index in [-0.39, 0.29) is 10.8 Å². The third kappa shape index (κ3) is 4.91. The normalized spacial score (nSPS) is 20.8. The second-order valence-corrected chi connectivity index (χ2v) is 11.5. The number of sulfonamides is 1. The van der Waals surface area contributed by atoms with Gasteiger partial charge in [-0.15, -0.1) is 10.2 Å². The van der Waals surface area contributed by atoms with Crippen LogP contribution in [0.15, 0.2) is 33.5 Å². The van der Waals surface area contributed by atoms with Gasteiger partial charge in [-0.25, -0.2) is 8.42 Å². The predicted octanol–water partition coefficient (Wildman–Crippen LogP) is 3.57. The number of aromatic nitrogens is 2. The van der Waals surface area contributed by atoms with E-state index >= 15 is 0 Å². The number of carbonyl (C=O) groups excluding carboxylic acids is 1. The van der Waals surface area contributed by atoms with Gasteiger partial charge in [-0.2, -0.15) is 4.31 Å². The summed E-state index contributed by atoms with van der Waals surface area (Å²) in [6, 6.07) is 6.04. The van der Waals surface area contributed by atoms with E-state index in [1.165, 1.54) is 35.6 Å². The molecule has 0 bridgehead atoms. The summed E-state index contributed by atoms with van der Waals surface area (Å²) in [5, 5.41) is 11.1. The van der Waals surface area contributed by atoms with Crippen LogP contribution in [0.2, 0.25) is 0 Å². The molecule has 1 aliphatic heterocycles. The molecule has 0 spiro atoms. The summed E-state index contributed by atoms with van der Waals surface area (Å²) in [6.07, 6.45) is 1.04. The fourth-order valence-corrected chi connectivity index (χ4v) is 6.66. The lowest BCUT2D eigenvalue weighted by molar-refractivity contribution is 0.102. The lowest BCUT2D eigenvalue weighted by Gasteiger charge is -2.34. The Hall–Kier alpha value is -1.49. The highest BCUT2D eigenvalue weighted by atomic mass is 32.2. The molecule has 0 radical (unpaired) electrons. The average Bonchev–Trinajstić information content (AvgIpc) is 3.08. The summed E-state index contributed by atoms with van der Waals surface area (Å²) >= 11 is 2.87. The zero-order chi connectivity index (χ0) is 20.3. The molecule has 28 heavy (non-hydrogen) atoms. The van der Waals surface area contributed by atoms with Crippen molar-refractivity contribution in [2.24, 2.45) is 11.8 Å². The zero-order valence-electron chi connectivity index (χ0n) is 16.1. The van der Waals surface area contributed by atoms with Crippen LogP contribution in [0.4, 0.5) is 5.13 Å². The van der Waals surface area contributed by atoms with Crippen molar-refractivity contribution in [3.8, 4) is 0 Å². The van der Waals surface area contributed by atoms with Gasteiger partial charge in [0, 0.05) is 18.7 Å². The third-order valence-corrected chi connectivity index (χ3v) is 8.18. The molecule has 2 aromatic rings. The van der Waals surface area contributed by atoms with Crippen LogP contribution < -0.4 is 5.32 Å². The van der Waals surface area contributed by atoms with Crippen LogP contribution in [0.5, 0.6) is 0 Å². The predicted molar refractivity (Wildman–Crippen MR) is 112 cm³/mol. The number of rotatable bonds is 6. The Morgan fingerprint density at radius 3 is 2.46 bits per heavy atom. The number of hydrogen-bond donors (Lipinski definition) is 1. The number of nitrogens with zero attached hydrogens (tertiary/aromatic N) is 3. The largest absolute Gasteiger partial charge is 0.296 e. The van der Waals surface area contributed by atoms with Crippen LogP contribution in [-0.4, -0.2) is 47.7 Å². The van der Waals surface area contributed by atoms with Crippen LogP contribution >= 0.6 is 23.1 Å². The molecule has 3 rings (SSSR count). The maximum absolute atomic E-state index is 12.9. The molecule has 0 aliphatic carbocycles. The minimum absolute atomic E-state index is 0.211. The van der Waals surface area contributed by atoms with Crippen molar-refractivity contribution in [3.05, 3.63) is 29.8 Å². The highest BCUT2D eigenvalue weighted by molar-refractivity contribution is 8.01. The number of thioether (sulfide) groups is 1. The number of amides is 1. The van der Waals surface area contributed by atoms with E-state index in [0.29, 0.717) is 35.6 Å². The quantitative estimate of drug-likeness (QED) is 0.545. The number of hydrogen-bond acceptors (Lipinski definition) is 7. The Bertz CT molecular complexity index is 918. The van der Waals surface area contributed by atoms with Crippen molar-refractivity contribution in [1.29, 1.82) is 0 Å². The second-order valence-electron chi connectivity index (χ2n) is 7.05. The molecule has 7 nitrogen and oxygen atoms in total.